The Balaban J connectivity index is 1.06. The van der Waals surface area contributed by atoms with Gasteiger partial charge in [-0.3, -0.25) is 9.59 Å². The van der Waals surface area contributed by atoms with Crippen molar-refractivity contribution in [1.82, 2.24) is 13.8 Å². The molecule has 0 radical (unpaired) electrons. The predicted molar refractivity (Wildman–Crippen MR) is 172 cm³/mol. The number of rotatable bonds is 12. The topological polar surface area (TPSA) is 138 Å². The molecule has 1 aromatic heterocycles. The quantitative estimate of drug-likeness (QED) is 0.120. The highest BCUT2D eigenvalue weighted by molar-refractivity contribution is 7.03. The van der Waals surface area contributed by atoms with Gasteiger partial charge in [0.25, 0.3) is 0 Å². The van der Waals surface area contributed by atoms with E-state index in [4.69, 9.17) is 14.2 Å². The zero-order valence-electron chi connectivity index (χ0n) is 26.3. The standard InChI is InChI=1S/C34H41N3O8S/c1-4-5-6-18-37-32(41)36(33(42)46-37)20-24-11-9-23(10-12-24)19-35-27(38)15-16-28(39)43-21-25-8-7-17-34(3)30(45-34)29-26(14-13-25)22(2)31(40)44-29/h8-12,15-16,26,29-30H,2,4-7,13-14,17-21H2,1,3H3,(H,35,38)/b16-15-,25-8+/t26-,29-,30-,34+/m0/s1. The maximum Gasteiger partial charge on any atom is 0.341 e. The molecular formula is C34H41N3O8S. The first-order valence-electron chi connectivity index (χ1n) is 15.8. The monoisotopic (exact) mass is 651 g/mol. The Morgan fingerprint density at radius 3 is 2.67 bits per heavy atom. The molecule has 5 rings (SSSR count). The molecule has 0 bridgehead atoms. The Bertz CT molecular complexity index is 1650. The molecule has 3 heterocycles. The van der Waals surface area contributed by atoms with Crippen LogP contribution in [0, 0.1) is 5.92 Å². The number of carbonyl (C=O) groups is 3. The number of amides is 1. The van der Waals surface area contributed by atoms with Crippen LogP contribution < -0.4 is 15.9 Å². The Hall–Kier alpha value is -4.03. The van der Waals surface area contributed by atoms with Gasteiger partial charge in [0.2, 0.25) is 5.91 Å². The van der Waals surface area contributed by atoms with Gasteiger partial charge in [-0.1, -0.05) is 56.7 Å². The molecule has 0 saturated carbocycles. The number of esters is 2. The number of hydrogen-bond donors (Lipinski definition) is 1. The van der Waals surface area contributed by atoms with Crippen LogP contribution in [-0.2, 0) is 48.2 Å². The van der Waals surface area contributed by atoms with Crippen LogP contribution in [-0.4, -0.2) is 50.8 Å². The zero-order valence-corrected chi connectivity index (χ0v) is 27.1. The van der Waals surface area contributed by atoms with Gasteiger partial charge in [0.1, 0.15) is 18.8 Å². The fraction of sp³-hybridized carbons (Fsp3) is 0.500. The van der Waals surface area contributed by atoms with Crippen molar-refractivity contribution in [2.45, 2.75) is 96.2 Å². The van der Waals surface area contributed by atoms with Gasteiger partial charge in [0, 0.05) is 48.3 Å². The highest BCUT2D eigenvalue weighted by Crippen LogP contribution is 2.49. The van der Waals surface area contributed by atoms with Gasteiger partial charge in [-0.15, -0.1) is 0 Å². The molecule has 0 spiro atoms. The molecule has 2 fully saturated rings. The van der Waals surface area contributed by atoms with Gasteiger partial charge >= 0.3 is 22.5 Å². The second-order valence-corrected chi connectivity index (χ2v) is 13.3. The summed E-state index contributed by atoms with van der Waals surface area (Å²) >= 11 is 0.950. The second-order valence-electron chi connectivity index (χ2n) is 12.3. The predicted octanol–water partition coefficient (Wildman–Crippen LogP) is 3.78. The summed E-state index contributed by atoms with van der Waals surface area (Å²) in [5.41, 5.74) is 2.39. The lowest BCUT2D eigenvalue weighted by molar-refractivity contribution is -0.140. The number of nitrogens with zero attached hydrogens (tertiary/aromatic N) is 2. The third-order valence-electron chi connectivity index (χ3n) is 8.86. The minimum Gasteiger partial charge on any atom is -0.458 e. The minimum atomic E-state index is -0.634. The molecule has 1 aromatic carbocycles. The lowest BCUT2D eigenvalue weighted by Gasteiger charge is -2.20. The van der Waals surface area contributed by atoms with Gasteiger partial charge in [-0.25, -0.2) is 22.9 Å². The molecule has 4 atom stereocenters. The van der Waals surface area contributed by atoms with E-state index in [0.717, 1.165) is 72.5 Å². The normalized spacial score (nSPS) is 25.3. The molecule has 46 heavy (non-hydrogen) atoms. The average molecular weight is 652 g/mol. The van der Waals surface area contributed by atoms with Crippen LogP contribution in [0.15, 0.2) is 69.8 Å². The van der Waals surface area contributed by atoms with E-state index < -0.39 is 11.9 Å². The molecule has 1 aliphatic carbocycles. The Labute approximate surface area is 271 Å². The average Bonchev–Trinajstić information content (AvgIpc) is 3.53. The summed E-state index contributed by atoms with van der Waals surface area (Å²) in [5, 5.41) is 2.73. The molecule has 12 heteroatoms. The minimum absolute atomic E-state index is 0.0843. The van der Waals surface area contributed by atoms with Crippen LogP contribution in [0.25, 0.3) is 0 Å². The third-order valence-corrected chi connectivity index (χ3v) is 9.79. The molecule has 2 aromatic rings. The number of epoxide rings is 1. The van der Waals surface area contributed by atoms with Crippen molar-refractivity contribution in [3.63, 3.8) is 0 Å². The highest BCUT2D eigenvalue weighted by Gasteiger charge is 2.61. The number of aromatic nitrogens is 2. The van der Waals surface area contributed by atoms with E-state index in [2.05, 4.69) is 24.9 Å². The van der Waals surface area contributed by atoms with Crippen molar-refractivity contribution in [2.24, 2.45) is 5.92 Å². The maximum absolute atomic E-state index is 12.6. The van der Waals surface area contributed by atoms with Crippen molar-refractivity contribution < 1.29 is 28.6 Å². The SMILES string of the molecule is C=C1C(=O)O[C@H]2[C@H]1CC/C(COC(=O)/C=C\C(=O)NCc1ccc(Cn3c(=O)sn(CCCCC)c3=O)cc1)=C\CC[C@@]1(C)O[C@@H]21. The van der Waals surface area contributed by atoms with Gasteiger partial charge in [-0.2, -0.15) is 0 Å². The van der Waals surface area contributed by atoms with Crippen molar-refractivity contribution in [2.75, 3.05) is 6.61 Å². The smallest absolute Gasteiger partial charge is 0.341 e. The Morgan fingerprint density at radius 1 is 1.15 bits per heavy atom. The third kappa shape index (κ3) is 8.03. The van der Waals surface area contributed by atoms with Crippen LogP contribution in [0.1, 0.15) is 69.9 Å². The van der Waals surface area contributed by atoms with Crippen molar-refractivity contribution in [1.29, 1.82) is 0 Å². The number of unbranched alkanes of at least 4 members (excludes halogenated alkanes) is 2. The summed E-state index contributed by atoms with van der Waals surface area (Å²) in [7, 11) is 0. The molecule has 2 aliphatic heterocycles. The van der Waals surface area contributed by atoms with E-state index in [-0.39, 0.29) is 60.0 Å². The lowest BCUT2D eigenvalue weighted by atomic mass is 9.84. The van der Waals surface area contributed by atoms with Crippen molar-refractivity contribution >= 4 is 29.4 Å². The largest absolute Gasteiger partial charge is 0.458 e. The van der Waals surface area contributed by atoms with Crippen LogP contribution in [0.2, 0.25) is 0 Å². The maximum atomic E-state index is 12.6. The second kappa shape index (κ2) is 14.6. The number of aryl methyl sites for hydroxylation is 1. The van der Waals surface area contributed by atoms with Crippen LogP contribution in [0.3, 0.4) is 0 Å². The van der Waals surface area contributed by atoms with E-state index in [1.807, 2.05) is 31.2 Å². The molecule has 1 N–H and O–H groups in total. The van der Waals surface area contributed by atoms with Gasteiger partial charge in [0.05, 0.1) is 12.1 Å². The lowest BCUT2D eigenvalue weighted by Crippen LogP contribution is -2.29. The molecule has 3 aliphatic rings. The fourth-order valence-corrected chi connectivity index (χ4v) is 6.80. The molecular weight excluding hydrogens is 610 g/mol. The number of allylic oxidation sites excluding steroid dienone is 1. The van der Waals surface area contributed by atoms with Crippen LogP contribution >= 0.6 is 11.5 Å². The Kier molecular flexibility index (Phi) is 10.6. The summed E-state index contributed by atoms with van der Waals surface area (Å²) in [6.45, 7) is 9.09. The highest BCUT2D eigenvalue weighted by atomic mass is 32.1. The zero-order chi connectivity index (χ0) is 32.8. The van der Waals surface area contributed by atoms with Crippen molar-refractivity contribution in [3.05, 3.63) is 91.5 Å². The first kappa shape index (κ1) is 33.3. The van der Waals surface area contributed by atoms with Gasteiger partial charge in [0.15, 0.2) is 0 Å². The summed E-state index contributed by atoms with van der Waals surface area (Å²) in [5.74, 6) is -1.60. The van der Waals surface area contributed by atoms with Crippen molar-refractivity contribution in [3.8, 4) is 0 Å². The van der Waals surface area contributed by atoms with E-state index in [1.54, 1.807) is 0 Å². The van der Waals surface area contributed by atoms with E-state index >= 15 is 0 Å². The number of ether oxygens (including phenoxy) is 3. The number of nitrogens with one attached hydrogen (secondary N) is 1. The van der Waals surface area contributed by atoms with Gasteiger partial charge in [-0.05, 0) is 55.7 Å². The van der Waals surface area contributed by atoms with Gasteiger partial charge < -0.3 is 19.5 Å². The summed E-state index contributed by atoms with van der Waals surface area (Å²) < 4.78 is 19.7. The fourth-order valence-electron chi connectivity index (χ4n) is 5.97. The number of hydrogen-bond acceptors (Lipinski definition) is 9. The van der Waals surface area contributed by atoms with E-state index in [1.165, 1.54) is 8.52 Å². The molecule has 1 amide bonds. The van der Waals surface area contributed by atoms with Crippen LogP contribution in [0.5, 0.6) is 0 Å². The summed E-state index contributed by atoms with van der Waals surface area (Å²) in [4.78, 5) is 61.6. The van der Waals surface area contributed by atoms with E-state index in [0.29, 0.717) is 25.0 Å². The first-order chi connectivity index (χ1) is 22.1. The first-order valence-corrected chi connectivity index (χ1v) is 16.6. The molecule has 2 saturated heterocycles. The number of benzene rings is 1. The molecule has 11 nitrogen and oxygen atoms in total. The summed E-state index contributed by atoms with van der Waals surface area (Å²) in [6, 6.07) is 7.27. The molecule has 246 valence electrons. The molecule has 0 unspecified atom stereocenters. The summed E-state index contributed by atoms with van der Waals surface area (Å²) in [6.07, 6.45) is 9.52. The number of carbonyl (C=O) groups excluding carboxylic acids is 3. The number of fused-ring (bicyclic) bond motifs is 3. The van der Waals surface area contributed by atoms with E-state index in [9.17, 15) is 24.0 Å². The Morgan fingerprint density at radius 2 is 1.91 bits per heavy atom. The van der Waals surface area contributed by atoms with Crippen LogP contribution in [0.4, 0.5) is 0 Å².